The number of benzene rings is 1. The number of ketones is 2. The molecule has 0 heterocycles. The molecule has 5 fully saturated rings. The lowest BCUT2D eigenvalue weighted by Crippen LogP contribution is -2.67. The third-order valence-electron chi connectivity index (χ3n) is 7.65. The van der Waals surface area contributed by atoms with Gasteiger partial charge in [0.1, 0.15) is 5.78 Å². The number of esters is 1. The summed E-state index contributed by atoms with van der Waals surface area (Å²) < 4.78 is 5.63. The van der Waals surface area contributed by atoms with Crippen LogP contribution < -0.4 is 0 Å². The van der Waals surface area contributed by atoms with Gasteiger partial charge in [-0.15, -0.1) is 0 Å². The van der Waals surface area contributed by atoms with Crippen molar-refractivity contribution < 1.29 is 24.0 Å². The highest BCUT2D eigenvalue weighted by Gasteiger charge is 2.73. The zero-order valence-corrected chi connectivity index (χ0v) is 17.0. The Hall–Kier alpha value is -2.57. The van der Waals surface area contributed by atoms with E-state index in [1.807, 2.05) is 20.8 Å². The molecule has 0 N–H and O–H groups in total. The van der Waals surface area contributed by atoms with Crippen LogP contribution in [-0.4, -0.2) is 28.6 Å². The minimum absolute atomic E-state index is 0.0145. The Balaban J connectivity index is 1.62. The molecule has 7 heteroatoms. The van der Waals surface area contributed by atoms with Crippen molar-refractivity contribution in [2.24, 2.45) is 34.5 Å². The molecular formula is C22H25NO6. The third kappa shape index (κ3) is 2.66. The summed E-state index contributed by atoms with van der Waals surface area (Å²) in [7, 11) is 0. The van der Waals surface area contributed by atoms with Crippen LogP contribution in [0.4, 0.5) is 5.69 Å². The van der Waals surface area contributed by atoms with Gasteiger partial charge in [0.2, 0.25) is 0 Å². The molecule has 1 aromatic carbocycles. The van der Waals surface area contributed by atoms with E-state index >= 15 is 0 Å². The number of hydrogen-bond acceptors (Lipinski definition) is 6. The lowest BCUT2D eigenvalue weighted by molar-refractivity contribution is -0.384. The molecule has 7 nitrogen and oxygen atoms in total. The first-order valence-electron chi connectivity index (χ1n) is 10.0. The normalized spacial score (nSPS) is 37.3. The highest BCUT2D eigenvalue weighted by molar-refractivity contribution is 5.97. The zero-order valence-electron chi connectivity index (χ0n) is 17.0. The number of carbonyl (C=O) groups is 3. The number of ether oxygens (including phenoxy) is 1. The first-order chi connectivity index (χ1) is 13.5. The fourth-order valence-electron chi connectivity index (χ4n) is 6.47. The first-order valence-corrected chi connectivity index (χ1v) is 10.0. The van der Waals surface area contributed by atoms with E-state index in [1.165, 1.54) is 24.3 Å². The average Bonchev–Trinajstić information content (AvgIpc) is 2.74. The van der Waals surface area contributed by atoms with Crippen LogP contribution in [0.5, 0.6) is 0 Å². The van der Waals surface area contributed by atoms with E-state index in [0.29, 0.717) is 12.8 Å². The summed E-state index contributed by atoms with van der Waals surface area (Å²) in [4.78, 5) is 49.0. The number of nitrogens with zero attached hydrogens (tertiary/aromatic N) is 1. The lowest BCUT2D eigenvalue weighted by Gasteiger charge is -2.66. The Labute approximate surface area is 169 Å². The largest absolute Gasteiger partial charge is 0.451 e. The van der Waals surface area contributed by atoms with Crippen LogP contribution in [0.2, 0.25) is 0 Å². The summed E-state index contributed by atoms with van der Waals surface area (Å²) in [5.41, 5.74) is -1.06. The summed E-state index contributed by atoms with van der Waals surface area (Å²) in [5.74, 6) is -0.316. The van der Waals surface area contributed by atoms with Crippen molar-refractivity contribution in [3.8, 4) is 0 Å². The molecular weight excluding hydrogens is 374 g/mol. The topological polar surface area (TPSA) is 104 Å². The van der Waals surface area contributed by atoms with Gasteiger partial charge in [-0.05, 0) is 41.7 Å². The number of carbonyl (C=O) groups excluding carboxylic acids is 3. The first kappa shape index (κ1) is 19.7. The molecule has 0 radical (unpaired) electrons. The second-order valence-electron chi connectivity index (χ2n) is 9.67. The van der Waals surface area contributed by atoms with E-state index in [4.69, 9.17) is 4.74 Å². The Kier molecular flexibility index (Phi) is 4.23. The van der Waals surface area contributed by atoms with Crippen LogP contribution in [0.3, 0.4) is 0 Å². The summed E-state index contributed by atoms with van der Waals surface area (Å²) in [6.45, 7) is 7.85. The van der Waals surface area contributed by atoms with Gasteiger partial charge < -0.3 is 4.74 Å². The van der Waals surface area contributed by atoms with Gasteiger partial charge in [-0.1, -0.05) is 27.7 Å². The van der Waals surface area contributed by atoms with Gasteiger partial charge in [0.25, 0.3) is 5.69 Å². The van der Waals surface area contributed by atoms with Crippen molar-refractivity contribution in [1.29, 1.82) is 0 Å². The molecule has 5 saturated carbocycles. The molecule has 0 unspecified atom stereocenters. The van der Waals surface area contributed by atoms with Crippen LogP contribution in [0.15, 0.2) is 24.3 Å². The van der Waals surface area contributed by atoms with E-state index in [9.17, 15) is 24.5 Å². The minimum atomic E-state index is -0.923. The van der Waals surface area contributed by atoms with Gasteiger partial charge in [-0.3, -0.25) is 19.7 Å². The summed E-state index contributed by atoms with van der Waals surface area (Å²) in [6, 6.07) is 5.13. The van der Waals surface area contributed by atoms with Crippen molar-refractivity contribution >= 4 is 23.2 Å². The summed E-state index contributed by atoms with van der Waals surface area (Å²) in [5, 5.41) is 10.8. The lowest BCUT2D eigenvalue weighted by atomic mass is 9.36. The maximum Gasteiger partial charge on any atom is 0.338 e. The Morgan fingerprint density at radius 2 is 1.76 bits per heavy atom. The number of nitro benzene ring substituents is 1. The van der Waals surface area contributed by atoms with E-state index in [0.717, 1.165) is 0 Å². The predicted octanol–water partition coefficient (Wildman–Crippen LogP) is 3.60. The molecule has 1 aromatic rings. The van der Waals surface area contributed by atoms with Gasteiger partial charge in [0.05, 0.1) is 10.5 Å². The summed E-state index contributed by atoms with van der Waals surface area (Å²) in [6.07, 6.45) is -0.0252. The number of Topliss-reactive ketones (excluding diaryl/α,β-unsaturated/α-hetero) is 2. The van der Waals surface area contributed by atoms with Gasteiger partial charge in [-0.2, -0.15) is 0 Å². The van der Waals surface area contributed by atoms with Crippen molar-refractivity contribution in [3.05, 3.63) is 39.9 Å². The predicted molar refractivity (Wildman–Crippen MR) is 103 cm³/mol. The number of nitro groups is 1. The second kappa shape index (κ2) is 6.21. The molecule has 0 aliphatic heterocycles. The fourth-order valence-corrected chi connectivity index (χ4v) is 6.47. The van der Waals surface area contributed by atoms with Crippen molar-refractivity contribution in [3.63, 3.8) is 0 Å². The van der Waals surface area contributed by atoms with Crippen LogP contribution in [0.1, 0.15) is 50.9 Å². The standard InChI is InChI=1S/C22H25NO6/c1-11-9-14(24)17-18-16(11)22(17,4)10-15(19(25)21(18,2)3)29-20(26)12-5-7-13(8-6-12)23(27)28/h5-8,11,15-18H,9-10H2,1-4H3/t11-,15+,16+,17-,18+,22-/m1/s1. The number of rotatable bonds is 3. The number of hydrogen-bond donors (Lipinski definition) is 0. The van der Waals surface area contributed by atoms with Gasteiger partial charge in [-0.25, -0.2) is 4.79 Å². The molecule has 0 saturated heterocycles. The molecule has 4 bridgehead atoms. The molecule has 5 aliphatic carbocycles. The fraction of sp³-hybridized carbons (Fsp3) is 0.591. The highest BCUT2D eigenvalue weighted by Crippen LogP contribution is 2.71. The van der Waals surface area contributed by atoms with E-state index in [-0.39, 0.29) is 51.9 Å². The van der Waals surface area contributed by atoms with Crippen LogP contribution in [0.25, 0.3) is 0 Å². The zero-order chi connectivity index (χ0) is 21.3. The van der Waals surface area contributed by atoms with Gasteiger partial charge in [0, 0.05) is 29.9 Å². The quantitative estimate of drug-likeness (QED) is 0.437. The molecule has 154 valence electrons. The van der Waals surface area contributed by atoms with Gasteiger partial charge >= 0.3 is 5.97 Å². The SMILES string of the molecule is C[C@@H]1CC(=O)[C@@H]2[C@@H]3[C@H]1[C@@]2(C)C[C@H](OC(=O)c1ccc([N+](=O)[O-])cc1)C(=O)C3(C)C. The molecule has 6 atom stereocenters. The van der Waals surface area contributed by atoms with Crippen LogP contribution in [0, 0.1) is 44.6 Å². The third-order valence-corrected chi connectivity index (χ3v) is 7.65. The smallest absolute Gasteiger partial charge is 0.338 e. The van der Waals surface area contributed by atoms with Crippen molar-refractivity contribution in [1.82, 2.24) is 0 Å². The van der Waals surface area contributed by atoms with Crippen LogP contribution in [-0.2, 0) is 14.3 Å². The van der Waals surface area contributed by atoms with Gasteiger partial charge in [0.15, 0.2) is 11.9 Å². The Morgan fingerprint density at radius 1 is 1.14 bits per heavy atom. The number of fused-ring (bicyclic) bond motifs is 5. The van der Waals surface area contributed by atoms with Crippen molar-refractivity contribution in [2.75, 3.05) is 0 Å². The Bertz CT molecular complexity index is 920. The van der Waals surface area contributed by atoms with E-state index in [1.54, 1.807) is 0 Å². The molecule has 0 aromatic heterocycles. The highest BCUT2D eigenvalue weighted by atomic mass is 16.6. The minimum Gasteiger partial charge on any atom is -0.451 e. The molecule has 0 spiro atoms. The average molecular weight is 399 g/mol. The molecule has 6 rings (SSSR count). The maximum atomic E-state index is 13.3. The molecule has 29 heavy (non-hydrogen) atoms. The molecule has 5 aliphatic rings. The van der Waals surface area contributed by atoms with Crippen molar-refractivity contribution in [2.45, 2.75) is 46.6 Å². The van der Waals surface area contributed by atoms with E-state index in [2.05, 4.69) is 6.92 Å². The summed E-state index contributed by atoms with van der Waals surface area (Å²) >= 11 is 0. The second-order valence-corrected chi connectivity index (χ2v) is 9.67. The van der Waals surface area contributed by atoms with Crippen LogP contribution >= 0.6 is 0 Å². The number of non-ortho nitro benzene ring substituents is 1. The monoisotopic (exact) mass is 399 g/mol. The molecule has 0 amide bonds. The maximum absolute atomic E-state index is 13.3. The van der Waals surface area contributed by atoms with E-state index < -0.39 is 22.4 Å². The Morgan fingerprint density at radius 3 is 2.31 bits per heavy atom.